The van der Waals surface area contributed by atoms with Gasteiger partial charge in [0.1, 0.15) is 51.7 Å². The Labute approximate surface area is 417 Å². The van der Waals surface area contributed by atoms with Crippen molar-refractivity contribution in [2.24, 2.45) is 5.90 Å². The number of hydrogen-bond acceptors (Lipinski definition) is 21. The van der Waals surface area contributed by atoms with Crippen LogP contribution < -0.4 is 54.0 Å². The number of carboxylic acid groups (broad SMARTS) is 3. The number of nitrogens with one attached hydrogen (secondary N) is 1. The molecule has 25 heteroatoms. The van der Waals surface area contributed by atoms with E-state index in [0.29, 0.717) is 67.1 Å². The molecule has 5 rings (SSSR count). The van der Waals surface area contributed by atoms with Crippen molar-refractivity contribution in [3.05, 3.63) is 53.1 Å². The molecule has 2 aliphatic heterocycles. The Bertz CT molecular complexity index is 1940. The van der Waals surface area contributed by atoms with Gasteiger partial charge in [-0.3, -0.25) is 14.5 Å². The smallest absolute Gasteiger partial charge is 0.341 e. The van der Waals surface area contributed by atoms with Crippen LogP contribution in [0.3, 0.4) is 0 Å². The molecule has 2 atom stereocenters. The van der Waals surface area contributed by atoms with E-state index in [1.165, 1.54) is 68.3 Å². The number of nitrogens with two attached hydrogens (primary N) is 1. The van der Waals surface area contributed by atoms with E-state index in [9.17, 15) is 19.2 Å². The minimum absolute atomic E-state index is 0.242. The Balaban J connectivity index is 0.000000517. The lowest BCUT2D eigenvalue weighted by Gasteiger charge is -2.28. The third kappa shape index (κ3) is 24.1. The molecular weight excluding hydrogens is 966 g/mol. The van der Waals surface area contributed by atoms with Gasteiger partial charge < -0.3 is 72.3 Å². The number of ether oxygens (including phenoxy) is 11. The summed E-state index contributed by atoms with van der Waals surface area (Å²) in [7, 11) is 12.1. The largest absolute Gasteiger partial charge is 0.496 e. The van der Waals surface area contributed by atoms with Gasteiger partial charge in [0, 0.05) is 75.9 Å². The first-order chi connectivity index (χ1) is 34.2. The minimum Gasteiger partial charge on any atom is -0.496 e. The first kappa shape index (κ1) is 62.9. The van der Waals surface area contributed by atoms with Crippen molar-refractivity contribution in [1.82, 2.24) is 10.5 Å². The van der Waals surface area contributed by atoms with Crippen molar-refractivity contribution in [2.75, 3.05) is 96.2 Å². The molecule has 0 spiro atoms. The Morgan fingerprint density at radius 3 is 1.31 bits per heavy atom. The molecule has 0 aliphatic carbocycles. The number of aldehydes is 1. The predicted octanol–water partition coefficient (Wildman–Crippen LogP) is 5.11. The minimum atomic E-state index is -1.10. The van der Waals surface area contributed by atoms with Gasteiger partial charge in [0.2, 0.25) is 0 Å². The quantitative estimate of drug-likeness (QED) is 0.0442. The van der Waals surface area contributed by atoms with Crippen LogP contribution in [0.25, 0.3) is 0 Å². The van der Waals surface area contributed by atoms with Crippen LogP contribution in [-0.4, -0.2) is 153 Å². The number of alkyl halides is 1. The number of halogens is 1. The summed E-state index contributed by atoms with van der Waals surface area (Å²) in [6, 6.07) is 9.33. The van der Waals surface area contributed by atoms with E-state index in [4.69, 9.17) is 77.1 Å². The summed E-state index contributed by atoms with van der Waals surface area (Å²) < 4.78 is 57.9. The van der Waals surface area contributed by atoms with Gasteiger partial charge in [-0.15, -0.1) is 11.6 Å². The molecule has 71 heavy (non-hydrogen) atoms. The lowest BCUT2D eigenvalue weighted by molar-refractivity contribution is -0.284. The van der Waals surface area contributed by atoms with E-state index < -0.39 is 37.7 Å². The van der Waals surface area contributed by atoms with Crippen molar-refractivity contribution >= 4 is 35.8 Å². The molecule has 0 bridgehead atoms. The molecule has 2 unspecified atom stereocenters. The highest BCUT2D eigenvalue weighted by Crippen LogP contribution is 2.37. The van der Waals surface area contributed by atoms with Gasteiger partial charge in [-0.1, -0.05) is 0 Å². The van der Waals surface area contributed by atoms with Gasteiger partial charge in [0.25, 0.3) is 0 Å². The number of carboxylic acids is 3. The second-order valence-electron chi connectivity index (χ2n) is 14.2. The second-order valence-corrected chi connectivity index (χ2v) is 14.2. The van der Waals surface area contributed by atoms with Crippen molar-refractivity contribution in [2.45, 2.75) is 64.2 Å². The predicted molar refractivity (Wildman–Crippen MR) is 254 cm³/mol. The summed E-state index contributed by atoms with van der Waals surface area (Å²) in [5.74, 6) is 4.71. The number of hydrogen-bond donors (Lipinski definition) is 5. The molecule has 0 amide bonds. The van der Waals surface area contributed by atoms with E-state index in [-0.39, 0.29) is 35.4 Å². The average Bonchev–Trinajstić information content (AvgIpc) is 3.38. The lowest BCUT2D eigenvalue weighted by Crippen LogP contribution is -2.30. The fourth-order valence-corrected chi connectivity index (χ4v) is 6.23. The number of carbonyl (C=O) groups excluding carboxylic acids is 1. The van der Waals surface area contributed by atoms with Crippen LogP contribution in [0.4, 0.5) is 0 Å². The highest BCUT2D eigenvalue weighted by molar-refractivity contribution is 6.15. The van der Waals surface area contributed by atoms with Crippen molar-refractivity contribution in [3.8, 4) is 51.7 Å². The number of benzene rings is 3. The molecule has 2 aliphatic rings. The molecule has 0 radical (unpaired) electrons. The van der Waals surface area contributed by atoms with Crippen molar-refractivity contribution < 1.29 is 101 Å². The summed E-state index contributed by atoms with van der Waals surface area (Å²) in [4.78, 5) is 57.5. The molecule has 400 valence electrons. The monoisotopic (exact) mass is 1030 g/mol. The van der Waals surface area contributed by atoms with Gasteiger partial charge in [-0.05, 0) is 25.7 Å². The van der Waals surface area contributed by atoms with Crippen LogP contribution in [-0.2, 0) is 51.5 Å². The third-order valence-electron chi connectivity index (χ3n) is 9.30. The average molecular weight is 1030 g/mol. The van der Waals surface area contributed by atoms with Crippen LogP contribution in [0.15, 0.2) is 36.4 Å². The molecule has 2 fully saturated rings. The molecule has 2 heterocycles. The lowest BCUT2D eigenvalue weighted by atomic mass is 10.1. The highest BCUT2D eigenvalue weighted by Gasteiger charge is 2.22. The van der Waals surface area contributed by atoms with Crippen LogP contribution >= 0.6 is 11.6 Å². The molecule has 3 aromatic carbocycles. The van der Waals surface area contributed by atoms with E-state index in [0.717, 1.165) is 49.7 Å². The van der Waals surface area contributed by atoms with Crippen LogP contribution in [0, 0.1) is 0 Å². The maximum absolute atomic E-state index is 10.8. The Morgan fingerprint density at radius 2 is 0.986 bits per heavy atom. The summed E-state index contributed by atoms with van der Waals surface area (Å²) >= 11 is 4.64. The highest BCUT2D eigenvalue weighted by atomic mass is 35.5. The number of carbonyl (C=O) groups is 4. The van der Waals surface area contributed by atoms with Gasteiger partial charge in [-0.2, -0.15) is 10.5 Å². The zero-order valence-electron chi connectivity index (χ0n) is 41.5. The Kier molecular flexibility index (Phi) is 32.6. The van der Waals surface area contributed by atoms with E-state index >= 15 is 0 Å². The second kappa shape index (κ2) is 36.8. The summed E-state index contributed by atoms with van der Waals surface area (Å²) in [6.45, 7) is 0.804. The number of methoxy groups -OCH3 is 6. The van der Waals surface area contributed by atoms with E-state index in [1.807, 2.05) is 7.05 Å². The topological polar surface area (TPSA) is 299 Å². The molecule has 2 saturated heterocycles. The summed E-state index contributed by atoms with van der Waals surface area (Å²) in [5.41, 5.74) is 4.62. The van der Waals surface area contributed by atoms with Gasteiger partial charge in [0.05, 0.1) is 79.5 Å². The fourth-order valence-electron chi connectivity index (χ4n) is 6.23. The number of nitrogens with zero attached hydrogens (tertiary/aromatic N) is 1. The van der Waals surface area contributed by atoms with Gasteiger partial charge >= 0.3 is 17.9 Å². The molecule has 6 N–H and O–H groups in total. The SMILES string of the molecule is CCl.CON.COc1cc(OCC(=O)O)cc(OC)c1C=O.COc1cc(OCC(=O)O)cc(OC)c1CN(C)OC1CCCCO1.COc1cc(OCC(=O)O)cc(OC)c1CNOC1CCCCO1. The molecular formula is C46H68ClN3O21. The van der Waals surface area contributed by atoms with Crippen molar-refractivity contribution in [3.63, 3.8) is 0 Å². The fraction of sp³-hybridized carbons (Fsp3) is 0.522. The molecule has 3 aromatic rings. The standard InChI is InChI=1S/C17H25NO7.C16H23NO7.C11H12O6.CH3Cl.CH5NO/c1-18(25-17-6-4-5-7-23-17)10-13-14(21-2)8-12(9-15(13)22-3)24-11-16(19)20;1-20-13-7-11(23-10-15(18)19)8-14(21-2)12(13)9-17-24-16-5-3-4-6-22-16;1-15-9-3-7(17-6-11(13)14)4-10(16-2)8(9)5-12;1-2;1-3-2/h8-9,17H,4-7,10-11H2,1-3H3,(H,19,20);7-8,16-17H,3-6,9-10H2,1-2H3,(H,18,19);3-5H,6H2,1-2H3,(H,13,14);1H3;2H2,1H3. The Hall–Kier alpha value is -6.09. The summed E-state index contributed by atoms with van der Waals surface area (Å²) in [5, 5.41) is 27.6. The normalized spacial score (nSPS) is 14.6. The van der Waals surface area contributed by atoms with Gasteiger partial charge in [-0.25, -0.2) is 20.3 Å². The van der Waals surface area contributed by atoms with Crippen LogP contribution in [0.2, 0.25) is 0 Å². The molecule has 0 saturated carbocycles. The maximum Gasteiger partial charge on any atom is 0.341 e. The zero-order chi connectivity index (χ0) is 53.1. The number of aliphatic carboxylic acids is 3. The molecule has 24 nitrogen and oxygen atoms in total. The van der Waals surface area contributed by atoms with E-state index in [2.05, 4.69) is 27.8 Å². The number of rotatable bonds is 24. The third-order valence-corrected chi connectivity index (χ3v) is 9.30. The molecule has 0 aromatic heterocycles. The van der Waals surface area contributed by atoms with Crippen LogP contribution in [0.1, 0.15) is 60.0 Å². The Morgan fingerprint density at radius 1 is 0.634 bits per heavy atom. The van der Waals surface area contributed by atoms with Crippen molar-refractivity contribution in [1.29, 1.82) is 0 Å². The maximum atomic E-state index is 10.8. The van der Waals surface area contributed by atoms with E-state index in [1.54, 1.807) is 29.3 Å². The first-order valence-corrected chi connectivity index (χ1v) is 22.3. The van der Waals surface area contributed by atoms with Gasteiger partial charge in [0.15, 0.2) is 38.7 Å². The zero-order valence-corrected chi connectivity index (χ0v) is 42.2. The first-order valence-electron chi connectivity index (χ1n) is 21.6. The van der Waals surface area contributed by atoms with Crippen LogP contribution in [0.5, 0.6) is 51.7 Å². The number of hydroxylamine groups is 3. The summed E-state index contributed by atoms with van der Waals surface area (Å²) in [6.07, 6.45) is 7.56.